The van der Waals surface area contributed by atoms with Crippen molar-refractivity contribution in [1.29, 1.82) is 0 Å². The van der Waals surface area contributed by atoms with Crippen molar-refractivity contribution in [1.82, 2.24) is 0 Å². The number of halogens is 1. The van der Waals surface area contributed by atoms with Crippen LogP contribution >= 0.6 is 27.9 Å². The highest BCUT2D eigenvalue weighted by molar-refractivity contribution is 9.10. The second kappa shape index (κ2) is 2.75. The van der Waals surface area contributed by atoms with Gasteiger partial charge in [-0.25, -0.2) is 4.21 Å². The molecule has 0 fully saturated rings. The third-order valence-electron chi connectivity index (χ3n) is 1.59. The highest BCUT2D eigenvalue weighted by Crippen LogP contribution is 2.38. The van der Waals surface area contributed by atoms with Gasteiger partial charge in [-0.1, -0.05) is 15.9 Å². The zero-order valence-corrected chi connectivity index (χ0v) is 9.50. The average Bonchev–Trinajstić information content (AvgIpc) is 2.27. The summed E-state index contributed by atoms with van der Waals surface area (Å²) in [5.74, 6) is 0. The lowest BCUT2D eigenvalue weighted by atomic mass is 10.4. The molecule has 2 rings (SSSR count). The largest absolute Gasteiger partial charge is 0.244 e. The van der Waals surface area contributed by atoms with Crippen molar-refractivity contribution in [2.75, 3.05) is 6.26 Å². The molecule has 0 radical (unpaired) electrons. The van der Waals surface area contributed by atoms with Crippen LogP contribution in [0.15, 0.2) is 36.2 Å². The van der Waals surface area contributed by atoms with E-state index in [2.05, 4.69) is 19.7 Å². The molecule has 1 heterocycles. The summed E-state index contributed by atoms with van der Waals surface area (Å²) in [6.07, 6.45) is 1.67. The Morgan fingerprint density at radius 2 is 2.33 bits per heavy atom. The van der Waals surface area contributed by atoms with E-state index in [4.69, 9.17) is 0 Å². The molecule has 0 spiro atoms. The minimum atomic E-state index is -2.11. The predicted molar refractivity (Wildman–Crippen MR) is 54.8 cm³/mol. The van der Waals surface area contributed by atoms with Gasteiger partial charge in [-0.3, -0.25) is 0 Å². The number of hydrogen-bond donors (Lipinski definition) is 0. The van der Waals surface area contributed by atoms with Gasteiger partial charge in [0.1, 0.15) is 0 Å². The summed E-state index contributed by atoms with van der Waals surface area (Å²) >= 11 is 4.66. The van der Waals surface area contributed by atoms with Crippen molar-refractivity contribution in [2.45, 2.75) is 9.79 Å². The van der Waals surface area contributed by atoms with Gasteiger partial charge in [0, 0.05) is 27.6 Å². The average molecular weight is 264 g/mol. The Balaban J connectivity index is 2.71. The molecule has 64 valence electrons. The molecule has 0 aromatic heterocycles. The van der Waals surface area contributed by atoms with Crippen molar-refractivity contribution in [3.8, 4) is 0 Å². The number of hydrogen-bond acceptors (Lipinski definition) is 3. The molecular formula is C7H6BrNOS2. The fourth-order valence-electron chi connectivity index (χ4n) is 1.02. The van der Waals surface area contributed by atoms with Gasteiger partial charge in [0.05, 0.1) is 14.6 Å². The van der Waals surface area contributed by atoms with Gasteiger partial charge < -0.3 is 0 Å². The van der Waals surface area contributed by atoms with Crippen LogP contribution in [0.25, 0.3) is 0 Å². The van der Waals surface area contributed by atoms with Crippen LogP contribution in [0.4, 0.5) is 0 Å². The van der Waals surface area contributed by atoms with Crippen molar-refractivity contribution < 1.29 is 4.21 Å². The summed E-state index contributed by atoms with van der Waals surface area (Å²) in [4.78, 5) is 1.85. The fraction of sp³-hybridized carbons (Fsp3) is 0.143. The maximum absolute atomic E-state index is 11.7. The molecule has 0 N–H and O–H groups in total. The van der Waals surface area contributed by atoms with Crippen molar-refractivity contribution in [3.05, 3.63) is 22.7 Å². The van der Waals surface area contributed by atoms with Crippen molar-refractivity contribution >= 4 is 37.6 Å². The molecule has 0 saturated carbocycles. The second-order valence-corrected chi connectivity index (χ2v) is 6.74. The molecule has 12 heavy (non-hydrogen) atoms. The lowest BCUT2D eigenvalue weighted by molar-refractivity contribution is 0.681. The zero-order valence-electron chi connectivity index (χ0n) is 6.28. The lowest BCUT2D eigenvalue weighted by Crippen LogP contribution is -1.92. The van der Waals surface area contributed by atoms with Crippen LogP contribution in [0.2, 0.25) is 0 Å². The first kappa shape index (κ1) is 8.59. The second-order valence-electron chi connectivity index (χ2n) is 2.56. The summed E-state index contributed by atoms with van der Waals surface area (Å²) in [5, 5.41) is 0. The van der Waals surface area contributed by atoms with E-state index in [0.717, 1.165) is 14.3 Å². The minimum Gasteiger partial charge on any atom is -0.244 e. The van der Waals surface area contributed by atoms with E-state index in [0.29, 0.717) is 0 Å². The van der Waals surface area contributed by atoms with E-state index in [1.807, 2.05) is 18.2 Å². The number of benzene rings is 1. The van der Waals surface area contributed by atoms with Crippen LogP contribution < -0.4 is 0 Å². The van der Waals surface area contributed by atoms with Crippen LogP contribution in [-0.2, 0) is 9.73 Å². The SMILES string of the molecule is CS1(=O)=NSc2cc(Br)ccc21. The Bertz CT molecular complexity index is 449. The molecule has 1 atom stereocenters. The number of fused-ring (bicyclic) bond motifs is 1. The van der Waals surface area contributed by atoms with Gasteiger partial charge in [-0.05, 0) is 18.2 Å². The fourth-order valence-corrected chi connectivity index (χ4v) is 4.41. The molecule has 1 aromatic rings. The molecule has 1 aliphatic heterocycles. The third-order valence-corrected chi connectivity index (χ3v) is 5.36. The van der Waals surface area contributed by atoms with Gasteiger partial charge in [-0.15, -0.1) is 0 Å². The quantitative estimate of drug-likeness (QED) is 0.674. The van der Waals surface area contributed by atoms with E-state index < -0.39 is 9.73 Å². The molecule has 2 nitrogen and oxygen atoms in total. The Morgan fingerprint density at radius 1 is 1.58 bits per heavy atom. The molecule has 0 aliphatic carbocycles. The standard InChI is InChI=1S/C7H6BrNOS2/c1-12(10)7-3-2-5(8)4-6(7)11-9-12/h2-4H,1H3. The van der Waals surface area contributed by atoms with Gasteiger partial charge in [0.15, 0.2) is 0 Å². The lowest BCUT2D eigenvalue weighted by Gasteiger charge is -1.98. The summed E-state index contributed by atoms with van der Waals surface area (Å²) in [5.41, 5.74) is 0. The summed E-state index contributed by atoms with van der Waals surface area (Å²) in [7, 11) is -2.11. The Hall–Kier alpha value is -0.000000000000000111. The van der Waals surface area contributed by atoms with E-state index in [1.165, 1.54) is 11.9 Å². The molecule has 0 amide bonds. The van der Waals surface area contributed by atoms with Crippen LogP contribution in [-0.4, -0.2) is 10.5 Å². The normalized spacial score (nSPS) is 26.5. The van der Waals surface area contributed by atoms with Gasteiger partial charge in [0.25, 0.3) is 0 Å². The van der Waals surface area contributed by atoms with E-state index in [1.54, 1.807) is 6.26 Å². The third kappa shape index (κ3) is 1.30. The Kier molecular flexibility index (Phi) is 1.97. The molecule has 0 saturated heterocycles. The highest BCUT2D eigenvalue weighted by atomic mass is 79.9. The summed E-state index contributed by atoms with van der Waals surface area (Å²) in [6.45, 7) is 0. The Labute approximate surface area is 84.2 Å². The predicted octanol–water partition coefficient (Wildman–Crippen LogP) is 2.93. The molecule has 5 heteroatoms. The zero-order chi connectivity index (χ0) is 8.77. The van der Waals surface area contributed by atoms with Gasteiger partial charge in [-0.2, -0.15) is 3.77 Å². The smallest absolute Gasteiger partial charge is 0.0848 e. The monoisotopic (exact) mass is 263 g/mol. The van der Waals surface area contributed by atoms with E-state index >= 15 is 0 Å². The first-order chi connectivity index (χ1) is 5.59. The topological polar surface area (TPSA) is 29.4 Å². The maximum atomic E-state index is 11.7. The van der Waals surface area contributed by atoms with E-state index in [9.17, 15) is 4.21 Å². The first-order valence-corrected chi connectivity index (χ1v) is 6.76. The molecular weight excluding hydrogens is 258 g/mol. The van der Waals surface area contributed by atoms with Crippen LogP contribution in [0.5, 0.6) is 0 Å². The van der Waals surface area contributed by atoms with Crippen molar-refractivity contribution in [3.63, 3.8) is 0 Å². The Morgan fingerprint density at radius 3 is 3.08 bits per heavy atom. The van der Waals surface area contributed by atoms with Crippen LogP contribution in [0, 0.1) is 0 Å². The van der Waals surface area contributed by atoms with Gasteiger partial charge >= 0.3 is 0 Å². The van der Waals surface area contributed by atoms with Crippen LogP contribution in [0.1, 0.15) is 0 Å². The van der Waals surface area contributed by atoms with Crippen molar-refractivity contribution in [2.24, 2.45) is 3.77 Å². The van der Waals surface area contributed by atoms with E-state index in [-0.39, 0.29) is 0 Å². The minimum absolute atomic E-state index is 0.857. The molecule has 0 bridgehead atoms. The number of rotatable bonds is 0. The van der Waals surface area contributed by atoms with Crippen LogP contribution in [0.3, 0.4) is 0 Å². The highest BCUT2D eigenvalue weighted by Gasteiger charge is 2.18. The summed E-state index contributed by atoms with van der Waals surface area (Å²) in [6, 6.07) is 5.70. The van der Waals surface area contributed by atoms with Gasteiger partial charge in [0.2, 0.25) is 0 Å². The first-order valence-electron chi connectivity index (χ1n) is 3.28. The molecule has 1 unspecified atom stereocenters. The molecule has 1 aliphatic rings. The number of nitrogens with zero attached hydrogens (tertiary/aromatic N) is 1. The summed E-state index contributed by atoms with van der Waals surface area (Å²) < 4.78 is 16.7. The maximum Gasteiger partial charge on any atom is 0.0848 e. The molecule has 1 aromatic carbocycles.